The topological polar surface area (TPSA) is 126 Å². The number of nitrogens with one attached hydrogen (secondary N) is 1. The van der Waals surface area contributed by atoms with Gasteiger partial charge in [0.25, 0.3) is 0 Å². The first-order valence-electron chi connectivity index (χ1n) is 14.8. The SMILES string of the molecule is CCN1CN(c2ccccc2)C2(CCN(C(=O)[C@@H](Cc3ccc(OC)cc3)NC(=O)[C@@H](N)Cc3cncn3C)CC2)C1=O. The first-order chi connectivity index (χ1) is 20.8. The van der Waals surface area contributed by atoms with Crippen molar-refractivity contribution in [1.29, 1.82) is 0 Å². The second-order valence-electron chi connectivity index (χ2n) is 11.3. The van der Waals surface area contributed by atoms with E-state index in [1.54, 1.807) is 24.5 Å². The van der Waals surface area contributed by atoms with Gasteiger partial charge in [-0.25, -0.2) is 4.98 Å². The highest BCUT2D eigenvalue weighted by Gasteiger charge is 2.54. The highest BCUT2D eigenvalue weighted by atomic mass is 16.5. The van der Waals surface area contributed by atoms with Crippen LogP contribution >= 0.6 is 0 Å². The van der Waals surface area contributed by atoms with E-state index in [0.717, 1.165) is 16.9 Å². The van der Waals surface area contributed by atoms with Gasteiger partial charge in [0, 0.05) is 57.1 Å². The third-order valence-electron chi connectivity index (χ3n) is 8.76. The maximum absolute atomic E-state index is 14.0. The summed E-state index contributed by atoms with van der Waals surface area (Å²) < 4.78 is 7.10. The number of hydrogen-bond acceptors (Lipinski definition) is 7. The number of rotatable bonds is 10. The van der Waals surface area contributed by atoms with Gasteiger partial charge in [0.2, 0.25) is 17.7 Å². The summed E-state index contributed by atoms with van der Waals surface area (Å²) in [6.45, 7) is 3.95. The van der Waals surface area contributed by atoms with Crippen LogP contribution in [-0.4, -0.2) is 88.1 Å². The fraction of sp³-hybridized carbons (Fsp3) is 0.438. The van der Waals surface area contributed by atoms with Crippen molar-refractivity contribution in [2.24, 2.45) is 12.8 Å². The van der Waals surface area contributed by atoms with Crippen LogP contribution in [0, 0.1) is 0 Å². The van der Waals surface area contributed by atoms with Gasteiger partial charge in [-0.1, -0.05) is 30.3 Å². The summed E-state index contributed by atoms with van der Waals surface area (Å²) in [5.41, 5.74) is 8.29. The van der Waals surface area contributed by atoms with E-state index in [2.05, 4.69) is 15.2 Å². The predicted octanol–water partition coefficient (Wildman–Crippen LogP) is 1.71. The minimum Gasteiger partial charge on any atom is -0.497 e. The third kappa shape index (κ3) is 6.22. The molecule has 2 aliphatic rings. The van der Waals surface area contributed by atoms with Crippen LogP contribution in [0.15, 0.2) is 67.1 Å². The standard InChI is InChI=1S/C32H41N7O4/c1-4-37-22-39(24-8-6-5-7-9-24)32(31(37)42)14-16-38(17-15-32)30(41)28(18-23-10-12-26(43-3)13-11-23)35-29(40)27(33)19-25-20-34-21-36(25)2/h5-13,20-21,27-28H,4,14-19,22,33H2,1-3H3,(H,35,40)/t27-,28+/m0/s1. The van der Waals surface area contributed by atoms with E-state index in [1.165, 1.54) is 0 Å². The van der Waals surface area contributed by atoms with Gasteiger partial charge in [-0.15, -0.1) is 0 Å². The number of nitrogens with two attached hydrogens (primary N) is 1. The first kappa shape index (κ1) is 30.1. The van der Waals surface area contributed by atoms with Gasteiger partial charge >= 0.3 is 0 Å². The van der Waals surface area contributed by atoms with Gasteiger partial charge in [-0.05, 0) is 49.6 Å². The Labute approximate surface area is 252 Å². The molecule has 3 aromatic rings. The summed E-state index contributed by atoms with van der Waals surface area (Å²) in [4.78, 5) is 50.9. The molecule has 0 aliphatic carbocycles. The van der Waals surface area contributed by atoms with Crippen molar-refractivity contribution in [3.63, 3.8) is 0 Å². The van der Waals surface area contributed by atoms with Crippen LogP contribution in [0.5, 0.6) is 5.75 Å². The summed E-state index contributed by atoms with van der Waals surface area (Å²) in [6.07, 6.45) is 4.95. The van der Waals surface area contributed by atoms with Gasteiger partial charge in [0.1, 0.15) is 17.3 Å². The fourth-order valence-corrected chi connectivity index (χ4v) is 6.14. The van der Waals surface area contributed by atoms with Crippen LogP contribution in [0.4, 0.5) is 5.69 Å². The van der Waals surface area contributed by atoms with E-state index in [-0.39, 0.29) is 11.8 Å². The zero-order valence-corrected chi connectivity index (χ0v) is 25.1. The zero-order valence-electron chi connectivity index (χ0n) is 25.1. The lowest BCUT2D eigenvalue weighted by Gasteiger charge is -2.44. The molecule has 0 saturated carbocycles. The lowest BCUT2D eigenvalue weighted by atomic mass is 9.85. The van der Waals surface area contributed by atoms with Crippen LogP contribution in [0.1, 0.15) is 31.0 Å². The van der Waals surface area contributed by atoms with Crippen molar-refractivity contribution in [1.82, 2.24) is 24.7 Å². The molecule has 3 amide bonds. The Morgan fingerprint density at radius 1 is 1.07 bits per heavy atom. The number of benzene rings is 2. The molecule has 2 atom stereocenters. The molecular formula is C32H41N7O4. The zero-order chi connectivity index (χ0) is 30.6. The number of nitrogens with zero attached hydrogens (tertiary/aromatic N) is 5. The summed E-state index contributed by atoms with van der Waals surface area (Å²) in [5.74, 6) is 0.229. The molecule has 2 saturated heterocycles. The van der Waals surface area contributed by atoms with Gasteiger partial charge in [-0.2, -0.15) is 0 Å². The number of anilines is 1. The molecule has 1 aromatic heterocycles. The molecule has 3 N–H and O–H groups in total. The van der Waals surface area contributed by atoms with Gasteiger partial charge in [0.15, 0.2) is 0 Å². The number of carbonyl (C=O) groups excluding carboxylic acids is 3. The van der Waals surface area contributed by atoms with Gasteiger partial charge in [0.05, 0.1) is 26.1 Å². The molecule has 228 valence electrons. The van der Waals surface area contributed by atoms with Crippen LogP contribution < -0.4 is 20.7 Å². The van der Waals surface area contributed by atoms with Crippen LogP contribution in [0.3, 0.4) is 0 Å². The molecule has 5 rings (SSSR count). The molecular weight excluding hydrogens is 546 g/mol. The van der Waals surface area contributed by atoms with Gasteiger partial charge in [-0.3, -0.25) is 14.4 Å². The number of aromatic nitrogens is 2. The Hall–Kier alpha value is -4.38. The van der Waals surface area contributed by atoms with Crippen molar-refractivity contribution in [3.8, 4) is 5.75 Å². The minimum absolute atomic E-state index is 0.107. The molecule has 3 heterocycles. The Balaban J connectivity index is 1.33. The largest absolute Gasteiger partial charge is 0.497 e. The number of methoxy groups -OCH3 is 1. The predicted molar refractivity (Wildman–Crippen MR) is 163 cm³/mol. The average Bonchev–Trinajstić information content (AvgIpc) is 3.56. The number of hydrogen-bond donors (Lipinski definition) is 2. The minimum atomic E-state index is -0.846. The van der Waals surface area contributed by atoms with Crippen molar-refractivity contribution in [2.45, 2.75) is 50.2 Å². The maximum atomic E-state index is 14.0. The van der Waals surface area contributed by atoms with E-state index in [1.807, 2.05) is 78.0 Å². The average molecular weight is 588 g/mol. The van der Waals surface area contributed by atoms with Crippen molar-refractivity contribution < 1.29 is 19.1 Å². The lowest BCUT2D eigenvalue weighted by molar-refractivity contribution is -0.140. The lowest BCUT2D eigenvalue weighted by Crippen LogP contribution is -2.60. The molecule has 1 spiro atoms. The van der Waals surface area contributed by atoms with Crippen LogP contribution in [-0.2, 0) is 34.3 Å². The number of carbonyl (C=O) groups is 3. The summed E-state index contributed by atoms with van der Waals surface area (Å²) in [5, 5.41) is 2.94. The first-order valence-corrected chi connectivity index (χ1v) is 14.8. The van der Waals surface area contributed by atoms with E-state index in [9.17, 15) is 14.4 Å². The highest BCUT2D eigenvalue weighted by molar-refractivity contribution is 5.94. The van der Waals surface area contributed by atoms with E-state index >= 15 is 0 Å². The molecule has 2 fully saturated rings. The van der Waals surface area contributed by atoms with Crippen molar-refractivity contribution >= 4 is 23.4 Å². The number of imidazole rings is 1. The number of likely N-dealkylation sites (N-methyl/N-ethyl adjacent to an activating group) is 1. The van der Waals surface area contributed by atoms with E-state index in [4.69, 9.17) is 10.5 Å². The molecule has 0 bridgehead atoms. The molecule has 43 heavy (non-hydrogen) atoms. The Morgan fingerprint density at radius 2 is 1.77 bits per heavy atom. The summed E-state index contributed by atoms with van der Waals surface area (Å²) >= 11 is 0. The second-order valence-corrected chi connectivity index (χ2v) is 11.3. The number of aryl methyl sites for hydroxylation is 1. The number of piperidine rings is 1. The smallest absolute Gasteiger partial charge is 0.250 e. The molecule has 11 heteroatoms. The monoisotopic (exact) mass is 587 g/mol. The van der Waals surface area contributed by atoms with Crippen LogP contribution in [0.2, 0.25) is 0 Å². The van der Waals surface area contributed by atoms with E-state index < -0.39 is 23.5 Å². The third-order valence-corrected chi connectivity index (χ3v) is 8.76. The Morgan fingerprint density at radius 3 is 2.37 bits per heavy atom. The van der Waals surface area contributed by atoms with Gasteiger partial charge < -0.3 is 35.1 Å². The normalized spacial score (nSPS) is 17.7. The Kier molecular flexibility index (Phi) is 9.00. The number of amides is 3. The fourth-order valence-electron chi connectivity index (χ4n) is 6.14. The molecule has 2 aromatic carbocycles. The molecule has 11 nitrogen and oxygen atoms in total. The van der Waals surface area contributed by atoms with Crippen molar-refractivity contribution in [3.05, 3.63) is 78.4 Å². The number of likely N-dealkylation sites (tertiary alicyclic amines) is 1. The highest BCUT2D eigenvalue weighted by Crippen LogP contribution is 2.39. The molecule has 0 radical (unpaired) electrons. The summed E-state index contributed by atoms with van der Waals surface area (Å²) in [7, 11) is 3.45. The molecule has 0 unspecified atom stereocenters. The Bertz CT molecular complexity index is 1420. The maximum Gasteiger partial charge on any atom is 0.250 e. The van der Waals surface area contributed by atoms with Crippen LogP contribution in [0.25, 0.3) is 0 Å². The quantitative estimate of drug-likeness (QED) is 0.370. The number of para-hydroxylation sites is 1. The number of ether oxygens (including phenoxy) is 1. The molecule has 2 aliphatic heterocycles. The van der Waals surface area contributed by atoms with E-state index in [0.29, 0.717) is 57.7 Å². The van der Waals surface area contributed by atoms with Crippen molar-refractivity contribution in [2.75, 3.05) is 38.3 Å². The second kappa shape index (κ2) is 12.9. The summed E-state index contributed by atoms with van der Waals surface area (Å²) in [6, 6.07) is 15.8.